The number of hydrogen-bond donors (Lipinski definition) is 2. The number of imide groups is 1. The summed E-state index contributed by atoms with van der Waals surface area (Å²) in [5.74, 6) is -2.44. The van der Waals surface area contributed by atoms with Gasteiger partial charge in [-0.25, -0.2) is 9.59 Å². The summed E-state index contributed by atoms with van der Waals surface area (Å²) in [4.78, 5) is 64.8. The van der Waals surface area contributed by atoms with E-state index in [4.69, 9.17) is 4.74 Å². The molecule has 0 aromatic heterocycles. The molecule has 10 nitrogen and oxygen atoms in total. The van der Waals surface area contributed by atoms with Crippen LogP contribution in [0.4, 0.5) is 10.5 Å². The fourth-order valence-electron chi connectivity index (χ4n) is 3.85. The van der Waals surface area contributed by atoms with Crippen molar-refractivity contribution in [1.29, 1.82) is 0 Å². The maximum atomic E-state index is 13.2. The van der Waals surface area contributed by atoms with E-state index in [2.05, 4.69) is 5.32 Å². The van der Waals surface area contributed by atoms with Crippen molar-refractivity contribution in [3.8, 4) is 0 Å². The highest BCUT2D eigenvalue weighted by atomic mass is 16.5. The van der Waals surface area contributed by atoms with Gasteiger partial charge in [0.05, 0.1) is 11.3 Å². The topological polar surface area (TPSA) is 125 Å². The summed E-state index contributed by atoms with van der Waals surface area (Å²) in [5.41, 5.74) is -1.02. The van der Waals surface area contributed by atoms with Crippen LogP contribution in [0, 0.1) is 0 Å². The van der Waals surface area contributed by atoms with Crippen LogP contribution in [0.2, 0.25) is 0 Å². The van der Waals surface area contributed by atoms with E-state index < -0.39 is 42.1 Å². The molecular formula is C19H22N4O6. The number of hydrogen-bond acceptors (Lipinski definition) is 6. The van der Waals surface area contributed by atoms with Crippen LogP contribution in [-0.4, -0.2) is 60.0 Å². The summed E-state index contributed by atoms with van der Waals surface area (Å²) < 4.78 is 5.17. The summed E-state index contributed by atoms with van der Waals surface area (Å²) in [7, 11) is 1.33. The fourth-order valence-corrected chi connectivity index (χ4v) is 3.85. The lowest BCUT2D eigenvalue weighted by molar-refractivity contribution is -0.160. The van der Waals surface area contributed by atoms with Crippen molar-refractivity contribution >= 4 is 35.4 Å². The molecule has 1 aromatic carbocycles. The van der Waals surface area contributed by atoms with Gasteiger partial charge in [-0.2, -0.15) is 0 Å². The predicted molar refractivity (Wildman–Crippen MR) is 101 cm³/mol. The number of esters is 1. The molecular weight excluding hydrogens is 380 g/mol. The molecule has 10 heteroatoms. The monoisotopic (exact) mass is 402 g/mol. The van der Waals surface area contributed by atoms with E-state index in [1.807, 2.05) is 5.32 Å². The molecule has 1 fully saturated rings. The van der Waals surface area contributed by atoms with Gasteiger partial charge in [-0.05, 0) is 26.0 Å². The largest absolute Gasteiger partial charge is 0.452 e. The van der Waals surface area contributed by atoms with Crippen LogP contribution in [0.3, 0.4) is 0 Å². The van der Waals surface area contributed by atoms with Crippen LogP contribution in [0.5, 0.6) is 0 Å². The standard InChI is InChI=1S/C19H22N4O6/c1-11(2)22-16(26)12-6-4-5-7-13(12)23-15(25)8-9-19(22,23)17(27)29-10-14(24)21-18(28)20-3/h4-7,11H,8-10H2,1-3H3,(H2,20,21,24,28)/t19-/m1/s1. The highest BCUT2D eigenvalue weighted by Gasteiger charge is 2.62. The number of nitrogens with one attached hydrogen (secondary N) is 2. The number of anilines is 1. The molecule has 0 saturated carbocycles. The van der Waals surface area contributed by atoms with Gasteiger partial charge in [-0.3, -0.25) is 24.6 Å². The predicted octanol–water partition coefficient (Wildman–Crippen LogP) is 0.373. The van der Waals surface area contributed by atoms with Crippen LogP contribution in [-0.2, 0) is 19.1 Å². The van der Waals surface area contributed by atoms with Crippen LogP contribution in [0.1, 0.15) is 37.0 Å². The van der Waals surface area contributed by atoms with Gasteiger partial charge in [0.15, 0.2) is 6.61 Å². The number of ether oxygens (including phenoxy) is 1. The molecule has 2 aliphatic rings. The second-order valence-corrected chi connectivity index (χ2v) is 7.04. The van der Waals surface area contributed by atoms with Crippen molar-refractivity contribution in [3.63, 3.8) is 0 Å². The fraction of sp³-hybridized carbons (Fsp3) is 0.421. The minimum absolute atomic E-state index is 0.0417. The molecule has 0 bridgehead atoms. The van der Waals surface area contributed by atoms with Gasteiger partial charge >= 0.3 is 12.0 Å². The molecule has 0 spiro atoms. The van der Waals surface area contributed by atoms with Crippen molar-refractivity contribution in [2.75, 3.05) is 18.6 Å². The number of fused-ring (bicyclic) bond motifs is 3. The molecule has 0 aliphatic carbocycles. The number of carbonyl (C=O) groups is 5. The number of nitrogens with zero attached hydrogens (tertiary/aromatic N) is 2. The number of rotatable bonds is 4. The second-order valence-electron chi connectivity index (χ2n) is 7.04. The molecule has 1 aromatic rings. The lowest BCUT2D eigenvalue weighted by Gasteiger charge is -2.50. The first-order valence-corrected chi connectivity index (χ1v) is 9.18. The van der Waals surface area contributed by atoms with Gasteiger partial charge in [-0.1, -0.05) is 12.1 Å². The smallest absolute Gasteiger partial charge is 0.354 e. The van der Waals surface area contributed by atoms with Gasteiger partial charge in [0.2, 0.25) is 11.6 Å². The highest BCUT2D eigenvalue weighted by molar-refractivity contribution is 6.15. The molecule has 29 heavy (non-hydrogen) atoms. The molecule has 2 aliphatic heterocycles. The first-order valence-electron chi connectivity index (χ1n) is 9.18. The number of para-hydroxylation sites is 1. The molecule has 154 valence electrons. The number of amides is 5. The first-order chi connectivity index (χ1) is 13.7. The zero-order chi connectivity index (χ0) is 21.3. The van der Waals surface area contributed by atoms with Crippen molar-refractivity contribution in [3.05, 3.63) is 29.8 Å². The Labute approximate surface area is 167 Å². The molecule has 1 atom stereocenters. The molecule has 0 radical (unpaired) electrons. The SMILES string of the molecule is CNC(=O)NC(=O)COC(=O)[C@@]12CCC(=O)N1c1ccccc1C(=O)N2C(C)C. The maximum Gasteiger partial charge on any atom is 0.354 e. The average Bonchev–Trinajstić information content (AvgIpc) is 3.04. The molecule has 0 unspecified atom stereocenters. The summed E-state index contributed by atoms with van der Waals surface area (Å²) >= 11 is 0. The molecule has 2 heterocycles. The van der Waals surface area contributed by atoms with E-state index in [-0.39, 0.29) is 18.7 Å². The van der Waals surface area contributed by atoms with Gasteiger partial charge in [0.1, 0.15) is 0 Å². The third-order valence-electron chi connectivity index (χ3n) is 4.96. The Balaban J connectivity index is 1.98. The number of benzene rings is 1. The van der Waals surface area contributed by atoms with Gasteiger partial charge < -0.3 is 15.0 Å². The Bertz CT molecular complexity index is 898. The quantitative estimate of drug-likeness (QED) is 0.701. The van der Waals surface area contributed by atoms with Crippen molar-refractivity contribution < 1.29 is 28.7 Å². The minimum atomic E-state index is -1.68. The summed E-state index contributed by atoms with van der Waals surface area (Å²) in [6, 6.07) is 5.41. The van der Waals surface area contributed by atoms with Crippen LogP contribution in [0.25, 0.3) is 0 Å². The molecule has 5 amide bonds. The van der Waals surface area contributed by atoms with E-state index >= 15 is 0 Å². The average molecular weight is 402 g/mol. The Morgan fingerprint density at radius 1 is 1.21 bits per heavy atom. The van der Waals surface area contributed by atoms with E-state index in [9.17, 15) is 24.0 Å². The third-order valence-corrected chi connectivity index (χ3v) is 4.96. The second kappa shape index (κ2) is 7.53. The normalized spacial score (nSPS) is 20.3. The lowest BCUT2D eigenvalue weighted by atomic mass is 9.95. The first kappa shape index (κ1) is 20.3. The summed E-state index contributed by atoms with van der Waals surface area (Å²) in [5, 5.41) is 4.20. The minimum Gasteiger partial charge on any atom is -0.452 e. The van der Waals surface area contributed by atoms with Crippen LogP contribution in [0.15, 0.2) is 24.3 Å². The molecule has 1 saturated heterocycles. The summed E-state index contributed by atoms with van der Waals surface area (Å²) in [6.45, 7) is 2.75. The van der Waals surface area contributed by atoms with Gasteiger partial charge in [-0.15, -0.1) is 0 Å². The Morgan fingerprint density at radius 2 is 1.90 bits per heavy atom. The Morgan fingerprint density at radius 3 is 2.55 bits per heavy atom. The Hall–Kier alpha value is -3.43. The highest BCUT2D eigenvalue weighted by Crippen LogP contribution is 2.45. The number of urea groups is 1. The van der Waals surface area contributed by atoms with Crippen molar-refractivity contribution in [1.82, 2.24) is 15.5 Å². The van der Waals surface area contributed by atoms with E-state index in [0.29, 0.717) is 11.3 Å². The van der Waals surface area contributed by atoms with Gasteiger partial charge in [0.25, 0.3) is 11.8 Å². The number of carbonyl (C=O) groups excluding carboxylic acids is 5. The van der Waals surface area contributed by atoms with E-state index in [1.165, 1.54) is 16.8 Å². The zero-order valence-electron chi connectivity index (χ0n) is 16.4. The van der Waals surface area contributed by atoms with Crippen LogP contribution < -0.4 is 15.5 Å². The molecule has 2 N–H and O–H groups in total. The molecule has 3 rings (SSSR count). The van der Waals surface area contributed by atoms with E-state index in [0.717, 1.165) is 0 Å². The zero-order valence-corrected chi connectivity index (χ0v) is 16.4. The lowest BCUT2D eigenvalue weighted by Crippen LogP contribution is -2.70. The van der Waals surface area contributed by atoms with Crippen molar-refractivity contribution in [2.24, 2.45) is 0 Å². The van der Waals surface area contributed by atoms with Crippen LogP contribution >= 0.6 is 0 Å². The van der Waals surface area contributed by atoms with Crippen molar-refractivity contribution in [2.45, 2.75) is 38.4 Å². The Kier molecular flexibility index (Phi) is 5.27. The summed E-state index contributed by atoms with van der Waals surface area (Å²) in [6.07, 6.45) is 0.0877. The third kappa shape index (κ3) is 3.20. The van der Waals surface area contributed by atoms with Gasteiger partial charge in [0, 0.05) is 25.9 Å². The van der Waals surface area contributed by atoms with E-state index in [1.54, 1.807) is 38.1 Å². The maximum absolute atomic E-state index is 13.2.